The van der Waals surface area contributed by atoms with Gasteiger partial charge >= 0.3 is 0 Å². The van der Waals surface area contributed by atoms with E-state index in [0.717, 1.165) is 37.8 Å². The van der Waals surface area contributed by atoms with Crippen LogP contribution in [0.5, 0.6) is 5.75 Å². The third-order valence-corrected chi connectivity index (χ3v) is 3.71. The van der Waals surface area contributed by atoms with Crippen molar-refractivity contribution in [3.05, 3.63) is 29.8 Å². The summed E-state index contributed by atoms with van der Waals surface area (Å²) in [6.45, 7) is 5.37. The fraction of sp³-hybridized carbons (Fsp3) is 0.625. The summed E-state index contributed by atoms with van der Waals surface area (Å²) >= 11 is 0. The first kappa shape index (κ1) is 13.4. The van der Waals surface area contributed by atoms with E-state index in [1.807, 2.05) is 0 Å². The zero-order valence-electron chi connectivity index (χ0n) is 11.5. The Balaban J connectivity index is 1.81. The summed E-state index contributed by atoms with van der Waals surface area (Å²) in [5.41, 5.74) is 1.47. The molecule has 2 nitrogen and oxygen atoms in total. The maximum absolute atomic E-state index is 5.74. The van der Waals surface area contributed by atoms with Crippen LogP contribution in [0.2, 0.25) is 0 Å². The molecule has 0 amide bonds. The second-order valence-electron chi connectivity index (χ2n) is 5.15. The Morgan fingerprint density at radius 3 is 2.50 bits per heavy atom. The van der Waals surface area contributed by atoms with E-state index in [1.165, 1.54) is 31.2 Å². The third-order valence-electron chi connectivity index (χ3n) is 3.71. The van der Waals surface area contributed by atoms with Crippen molar-refractivity contribution < 1.29 is 4.74 Å². The molecule has 1 aromatic carbocycles. The average molecular weight is 247 g/mol. The first-order valence-electron chi connectivity index (χ1n) is 7.33. The van der Waals surface area contributed by atoms with Gasteiger partial charge in [0.25, 0.3) is 0 Å². The molecule has 0 unspecified atom stereocenters. The van der Waals surface area contributed by atoms with Crippen LogP contribution in [-0.2, 0) is 0 Å². The van der Waals surface area contributed by atoms with Crippen LogP contribution in [-0.4, -0.2) is 19.7 Å². The molecular formula is C16H25NO. The van der Waals surface area contributed by atoms with Crippen molar-refractivity contribution >= 4 is 0 Å². The highest BCUT2D eigenvalue weighted by molar-refractivity contribution is 5.29. The van der Waals surface area contributed by atoms with Gasteiger partial charge in [-0.25, -0.2) is 0 Å². The van der Waals surface area contributed by atoms with E-state index in [-0.39, 0.29) is 0 Å². The van der Waals surface area contributed by atoms with Crippen molar-refractivity contribution in [2.75, 3.05) is 19.7 Å². The molecule has 18 heavy (non-hydrogen) atoms. The molecule has 0 spiro atoms. The summed E-state index contributed by atoms with van der Waals surface area (Å²) in [7, 11) is 0. The molecule has 1 N–H and O–H groups in total. The zero-order valence-corrected chi connectivity index (χ0v) is 11.5. The highest BCUT2D eigenvalue weighted by atomic mass is 16.5. The standard InChI is InChI=1S/C16H25NO/c1-2-3-4-13-18-16-7-5-14(6-8-16)15-9-11-17-12-10-15/h5-8,15,17H,2-4,9-13H2,1H3. The van der Waals surface area contributed by atoms with Gasteiger partial charge in [-0.3, -0.25) is 0 Å². The summed E-state index contributed by atoms with van der Waals surface area (Å²) in [4.78, 5) is 0. The smallest absolute Gasteiger partial charge is 0.119 e. The normalized spacial score (nSPS) is 16.7. The molecule has 1 aliphatic rings. The number of hydrogen-bond donors (Lipinski definition) is 1. The summed E-state index contributed by atoms with van der Waals surface area (Å²) in [6.07, 6.45) is 6.19. The van der Waals surface area contributed by atoms with E-state index in [9.17, 15) is 0 Å². The molecule has 0 atom stereocenters. The zero-order chi connectivity index (χ0) is 12.6. The van der Waals surface area contributed by atoms with E-state index in [0.29, 0.717) is 0 Å². The molecule has 2 rings (SSSR count). The lowest BCUT2D eigenvalue weighted by atomic mass is 9.90. The second kappa shape index (κ2) is 7.42. The van der Waals surface area contributed by atoms with Gasteiger partial charge in [-0.15, -0.1) is 0 Å². The quantitative estimate of drug-likeness (QED) is 0.774. The summed E-state index contributed by atoms with van der Waals surface area (Å²) < 4.78 is 5.74. The van der Waals surface area contributed by atoms with Crippen LogP contribution in [0.1, 0.15) is 50.5 Å². The maximum atomic E-state index is 5.74. The minimum Gasteiger partial charge on any atom is -0.494 e. The van der Waals surface area contributed by atoms with Crippen molar-refractivity contribution in [2.24, 2.45) is 0 Å². The first-order chi connectivity index (χ1) is 8.90. The van der Waals surface area contributed by atoms with Crippen molar-refractivity contribution in [2.45, 2.75) is 44.9 Å². The summed E-state index contributed by atoms with van der Waals surface area (Å²) in [6, 6.07) is 8.74. The summed E-state index contributed by atoms with van der Waals surface area (Å²) in [5.74, 6) is 1.75. The van der Waals surface area contributed by atoms with E-state index < -0.39 is 0 Å². The van der Waals surface area contributed by atoms with Gasteiger partial charge in [0, 0.05) is 0 Å². The van der Waals surface area contributed by atoms with Gasteiger partial charge in [-0.2, -0.15) is 0 Å². The number of benzene rings is 1. The van der Waals surface area contributed by atoms with Crippen LogP contribution in [0.4, 0.5) is 0 Å². The van der Waals surface area contributed by atoms with Crippen LogP contribution in [0.15, 0.2) is 24.3 Å². The van der Waals surface area contributed by atoms with Crippen LogP contribution < -0.4 is 10.1 Å². The Kier molecular flexibility index (Phi) is 5.53. The molecule has 1 fully saturated rings. The fourth-order valence-corrected chi connectivity index (χ4v) is 2.53. The topological polar surface area (TPSA) is 21.3 Å². The van der Waals surface area contributed by atoms with Crippen molar-refractivity contribution in [3.8, 4) is 5.75 Å². The monoisotopic (exact) mass is 247 g/mol. The second-order valence-corrected chi connectivity index (χ2v) is 5.15. The van der Waals surface area contributed by atoms with Gasteiger partial charge < -0.3 is 10.1 Å². The average Bonchev–Trinajstić information content (AvgIpc) is 2.45. The molecule has 0 radical (unpaired) electrons. The van der Waals surface area contributed by atoms with Crippen LogP contribution in [0.25, 0.3) is 0 Å². The molecule has 0 saturated carbocycles. The van der Waals surface area contributed by atoms with Crippen molar-refractivity contribution in [1.29, 1.82) is 0 Å². The minimum absolute atomic E-state index is 0.736. The molecule has 100 valence electrons. The third kappa shape index (κ3) is 4.02. The Morgan fingerprint density at radius 2 is 1.83 bits per heavy atom. The number of ether oxygens (including phenoxy) is 1. The molecule has 2 heteroatoms. The SMILES string of the molecule is CCCCCOc1ccc(C2CCNCC2)cc1. The van der Waals surface area contributed by atoms with Crippen LogP contribution >= 0.6 is 0 Å². The highest BCUT2D eigenvalue weighted by Crippen LogP contribution is 2.26. The number of nitrogens with one attached hydrogen (secondary N) is 1. The molecule has 1 heterocycles. The lowest BCUT2D eigenvalue weighted by molar-refractivity contribution is 0.306. The number of unbranched alkanes of at least 4 members (excludes halogenated alkanes) is 2. The van der Waals surface area contributed by atoms with Gasteiger partial charge in [0.05, 0.1) is 6.61 Å². The fourth-order valence-electron chi connectivity index (χ4n) is 2.53. The predicted molar refractivity (Wildman–Crippen MR) is 76.3 cm³/mol. The number of piperidine rings is 1. The van der Waals surface area contributed by atoms with Crippen molar-refractivity contribution in [1.82, 2.24) is 5.32 Å². The van der Waals surface area contributed by atoms with Crippen LogP contribution in [0, 0.1) is 0 Å². The van der Waals surface area contributed by atoms with E-state index in [2.05, 4.69) is 36.5 Å². The van der Waals surface area contributed by atoms with Gasteiger partial charge in [-0.1, -0.05) is 31.9 Å². The van der Waals surface area contributed by atoms with Crippen molar-refractivity contribution in [3.63, 3.8) is 0 Å². The van der Waals surface area contributed by atoms with Gasteiger partial charge in [0.2, 0.25) is 0 Å². The largest absolute Gasteiger partial charge is 0.494 e. The minimum atomic E-state index is 0.736. The molecule has 1 aromatic rings. The number of rotatable bonds is 6. The number of hydrogen-bond acceptors (Lipinski definition) is 2. The molecule has 0 aliphatic carbocycles. The first-order valence-corrected chi connectivity index (χ1v) is 7.33. The molecule has 0 bridgehead atoms. The Bertz CT molecular complexity index is 327. The van der Waals surface area contributed by atoms with Crippen LogP contribution in [0.3, 0.4) is 0 Å². The van der Waals surface area contributed by atoms with E-state index >= 15 is 0 Å². The van der Waals surface area contributed by atoms with Gasteiger partial charge in [0.1, 0.15) is 5.75 Å². The molecule has 1 aliphatic heterocycles. The Morgan fingerprint density at radius 1 is 1.11 bits per heavy atom. The molecule has 0 aromatic heterocycles. The lowest BCUT2D eigenvalue weighted by Gasteiger charge is -2.23. The van der Waals surface area contributed by atoms with Gasteiger partial charge in [-0.05, 0) is 56.0 Å². The summed E-state index contributed by atoms with van der Waals surface area (Å²) in [5, 5.41) is 3.41. The highest BCUT2D eigenvalue weighted by Gasteiger charge is 2.14. The Labute approximate surface area is 111 Å². The lowest BCUT2D eigenvalue weighted by Crippen LogP contribution is -2.26. The maximum Gasteiger partial charge on any atom is 0.119 e. The van der Waals surface area contributed by atoms with E-state index in [1.54, 1.807) is 0 Å². The Hall–Kier alpha value is -1.02. The van der Waals surface area contributed by atoms with E-state index in [4.69, 9.17) is 4.74 Å². The molecular weight excluding hydrogens is 222 g/mol. The predicted octanol–water partition coefficient (Wildman–Crippen LogP) is 3.72. The molecule has 1 saturated heterocycles. The van der Waals surface area contributed by atoms with Gasteiger partial charge in [0.15, 0.2) is 0 Å².